The van der Waals surface area contributed by atoms with E-state index in [-0.39, 0.29) is 21.3 Å². The lowest BCUT2D eigenvalue weighted by Crippen LogP contribution is -2.38. The van der Waals surface area contributed by atoms with Crippen LogP contribution in [0.15, 0.2) is 77.7 Å². The molecule has 3 rings (SSSR count). The van der Waals surface area contributed by atoms with Crippen molar-refractivity contribution in [2.75, 3.05) is 23.3 Å². The number of methoxy groups -OCH3 is 1. The van der Waals surface area contributed by atoms with Crippen LogP contribution in [0.2, 0.25) is 5.02 Å². The van der Waals surface area contributed by atoms with Crippen molar-refractivity contribution < 1.29 is 22.3 Å². The van der Waals surface area contributed by atoms with Crippen LogP contribution in [-0.2, 0) is 14.8 Å². The molecule has 0 aliphatic rings. The molecule has 0 aliphatic carbocycles. The van der Waals surface area contributed by atoms with Gasteiger partial charge in [0.1, 0.15) is 18.1 Å². The zero-order valence-electron chi connectivity index (χ0n) is 15.9. The van der Waals surface area contributed by atoms with Crippen molar-refractivity contribution in [1.29, 1.82) is 0 Å². The summed E-state index contributed by atoms with van der Waals surface area (Å²) in [7, 11) is -2.65. The normalized spacial score (nSPS) is 11.0. The number of anilines is 2. The van der Waals surface area contributed by atoms with Crippen LogP contribution in [0.1, 0.15) is 0 Å². The fourth-order valence-corrected chi connectivity index (χ4v) is 4.43. The molecular formula is C21H18ClFN2O4S. The fourth-order valence-electron chi connectivity index (χ4n) is 2.74. The summed E-state index contributed by atoms with van der Waals surface area (Å²) < 4.78 is 45.9. The molecule has 3 aromatic carbocycles. The van der Waals surface area contributed by atoms with E-state index in [0.717, 1.165) is 10.4 Å². The van der Waals surface area contributed by atoms with Crippen LogP contribution in [0.25, 0.3) is 0 Å². The van der Waals surface area contributed by atoms with Crippen molar-refractivity contribution in [1.82, 2.24) is 0 Å². The second-order valence-electron chi connectivity index (χ2n) is 6.20. The van der Waals surface area contributed by atoms with Gasteiger partial charge in [0.05, 0.1) is 22.7 Å². The number of sulfonamides is 1. The third-order valence-corrected chi connectivity index (χ3v) is 6.23. The summed E-state index contributed by atoms with van der Waals surface area (Å²) in [6.07, 6.45) is 0. The molecule has 0 aliphatic heterocycles. The van der Waals surface area contributed by atoms with Gasteiger partial charge < -0.3 is 10.1 Å². The van der Waals surface area contributed by atoms with E-state index < -0.39 is 28.3 Å². The van der Waals surface area contributed by atoms with Crippen molar-refractivity contribution in [2.45, 2.75) is 4.90 Å². The van der Waals surface area contributed by atoms with Crippen LogP contribution in [0.4, 0.5) is 15.8 Å². The third kappa shape index (κ3) is 4.90. The number of amides is 1. The van der Waals surface area contributed by atoms with Crippen molar-refractivity contribution in [3.05, 3.63) is 83.6 Å². The molecule has 0 spiro atoms. The van der Waals surface area contributed by atoms with Crippen molar-refractivity contribution >= 4 is 38.9 Å². The van der Waals surface area contributed by atoms with E-state index in [1.54, 1.807) is 18.2 Å². The minimum absolute atomic E-state index is 0.00972. The van der Waals surface area contributed by atoms with Crippen LogP contribution in [0, 0.1) is 5.82 Å². The van der Waals surface area contributed by atoms with Gasteiger partial charge in [0.25, 0.3) is 10.0 Å². The highest BCUT2D eigenvalue weighted by Gasteiger charge is 2.27. The maximum Gasteiger partial charge on any atom is 0.264 e. The van der Waals surface area contributed by atoms with Gasteiger partial charge in [-0.05, 0) is 48.5 Å². The predicted octanol–water partition coefficient (Wildman–Crippen LogP) is 4.32. The second-order valence-corrected chi connectivity index (χ2v) is 8.47. The van der Waals surface area contributed by atoms with Crippen molar-refractivity contribution in [3.8, 4) is 5.75 Å². The summed E-state index contributed by atoms with van der Waals surface area (Å²) in [5.41, 5.74) is 0.392. The number of nitrogens with zero attached hydrogens (tertiary/aromatic N) is 1. The lowest BCUT2D eigenvalue weighted by Gasteiger charge is -2.24. The number of ether oxygens (including phenoxy) is 1. The molecule has 1 N–H and O–H groups in total. The molecule has 0 saturated carbocycles. The highest BCUT2D eigenvalue weighted by Crippen LogP contribution is 2.32. The zero-order valence-corrected chi connectivity index (χ0v) is 17.5. The Balaban J connectivity index is 1.97. The van der Waals surface area contributed by atoms with Crippen LogP contribution in [0.3, 0.4) is 0 Å². The van der Waals surface area contributed by atoms with Gasteiger partial charge in [-0.2, -0.15) is 0 Å². The molecule has 6 nitrogen and oxygen atoms in total. The van der Waals surface area contributed by atoms with Crippen LogP contribution in [-0.4, -0.2) is 28.0 Å². The van der Waals surface area contributed by atoms with E-state index >= 15 is 0 Å². The van der Waals surface area contributed by atoms with Gasteiger partial charge in [-0.25, -0.2) is 12.8 Å². The maximum atomic E-state index is 13.4. The molecule has 0 aromatic heterocycles. The molecule has 30 heavy (non-hydrogen) atoms. The molecule has 0 fully saturated rings. The fraction of sp³-hybridized carbons (Fsp3) is 0.0952. The molecule has 156 valence electrons. The van der Waals surface area contributed by atoms with E-state index in [2.05, 4.69) is 5.32 Å². The Kier molecular flexibility index (Phi) is 6.59. The molecule has 0 bridgehead atoms. The molecule has 3 aromatic rings. The molecule has 0 unspecified atom stereocenters. The molecule has 0 atom stereocenters. The van der Waals surface area contributed by atoms with Gasteiger partial charge in [0, 0.05) is 5.69 Å². The molecular weight excluding hydrogens is 431 g/mol. The Morgan fingerprint density at radius 1 is 1.07 bits per heavy atom. The lowest BCUT2D eigenvalue weighted by molar-refractivity contribution is -0.114. The van der Waals surface area contributed by atoms with Gasteiger partial charge in [-0.3, -0.25) is 9.10 Å². The summed E-state index contributed by atoms with van der Waals surface area (Å²) >= 11 is 6.16. The van der Waals surface area contributed by atoms with Gasteiger partial charge in [-0.15, -0.1) is 0 Å². The predicted molar refractivity (Wildman–Crippen MR) is 114 cm³/mol. The van der Waals surface area contributed by atoms with Gasteiger partial charge in [-0.1, -0.05) is 35.9 Å². The Morgan fingerprint density at radius 3 is 2.43 bits per heavy atom. The number of rotatable bonds is 7. The third-order valence-electron chi connectivity index (χ3n) is 4.15. The van der Waals surface area contributed by atoms with Crippen LogP contribution >= 0.6 is 11.6 Å². The molecule has 0 radical (unpaired) electrons. The molecule has 0 saturated heterocycles. The topological polar surface area (TPSA) is 75.7 Å². The zero-order chi connectivity index (χ0) is 21.7. The monoisotopic (exact) mass is 448 g/mol. The number of hydrogen-bond acceptors (Lipinski definition) is 4. The van der Waals surface area contributed by atoms with Crippen molar-refractivity contribution in [2.24, 2.45) is 0 Å². The van der Waals surface area contributed by atoms with Crippen molar-refractivity contribution in [3.63, 3.8) is 0 Å². The first-order valence-electron chi connectivity index (χ1n) is 8.78. The average Bonchev–Trinajstić information content (AvgIpc) is 2.72. The summed E-state index contributed by atoms with van der Waals surface area (Å²) in [6, 6.07) is 17.4. The minimum atomic E-state index is -4.09. The number of benzene rings is 3. The highest BCUT2D eigenvalue weighted by atomic mass is 35.5. The summed E-state index contributed by atoms with van der Waals surface area (Å²) in [5, 5.41) is 2.69. The first-order chi connectivity index (χ1) is 14.3. The van der Waals surface area contributed by atoms with Crippen LogP contribution < -0.4 is 14.4 Å². The highest BCUT2D eigenvalue weighted by molar-refractivity contribution is 7.92. The average molecular weight is 449 g/mol. The molecule has 9 heteroatoms. The largest absolute Gasteiger partial charge is 0.495 e. The van der Waals surface area contributed by atoms with Gasteiger partial charge in [0.15, 0.2) is 0 Å². The van der Waals surface area contributed by atoms with Crippen LogP contribution in [0.5, 0.6) is 5.75 Å². The first kappa shape index (κ1) is 21.6. The molecule has 0 heterocycles. The summed E-state index contributed by atoms with van der Waals surface area (Å²) in [6.45, 7) is -0.545. The number of halogens is 2. The number of nitrogens with one attached hydrogen (secondary N) is 1. The van der Waals surface area contributed by atoms with E-state index in [1.807, 2.05) is 0 Å². The van der Waals surface area contributed by atoms with E-state index in [4.69, 9.17) is 16.3 Å². The Bertz CT molecular complexity index is 1160. The Morgan fingerprint density at radius 2 is 1.80 bits per heavy atom. The lowest BCUT2D eigenvalue weighted by atomic mass is 10.3. The SMILES string of the molecule is COc1ccc(N(CC(=O)Nc2cccc(F)c2)S(=O)(=O)c2ccccc2)cc1Cl. The molecule has 1 amide bonds. The van der Waals surface area contributed by atoms with Gasteiger partial charge in [0.2, 0.25) is 5.91 Å². The standard InChI is InChI=1S/C21H18ClFN2O4S/c1-29-20-11-10-17(13-19(20)22)25(30(27,28)18-8-3-2-4-9-18)14-21(26)24-16-7-5-6-15(23)12-16/h2-13H,14H2,1H3,(H,24,26). The minimum Gasteiger partial charge on any atom is -0.495 e. The van der Waals surface area contributed by atoms with E-state index in [9.17, 15) is 17.6 Å². The Hall–Kier alpha value is -3.10. The number of hydrogen-bond donors (Lipinski definition) is 1. The quantitative estimate of drug-likeness (QED) is 0.584. The Labute approximate surface area is 178 Å². The maximum absolute atomic E-state index is 13.4. The second kappa shape index (κ2) is 9.15. The number of carbonyl (C=O) groups is 1. The summed E-state index contributed by atoms with van der Waals surface area (Å²) in [4.78, 5) is 12.6. The summed E-state index contributed by atoms with van der Waals surface area (Å²) in [5.74, 6) is -0.808. The van der Waals surface area contributed by atoms with E-state index in [1.165, 1.54) is 55.6 Å². The van der Waals surface area contributed by atoms with E-state index in [0.29, 0.717) is 5.75 Å². The smallest absolute Gasteiger partial charge is 0.264 e. The number of carbonyl (C=O) groups excluding carboxylic acids is 1. The first-order valence-corrected chi connectivity index (χ1v) is 10.6. The van der Waals surface area contributed by atoms with Gasteiger partial charge >= 0.3 is 0 Å².